The molecule has 0 bridgehead atoms. The van der Waals surface area contributed by atoms with Crippen molar-refractivity contribution >= 4 is 39.7 Å². The maximum absolute atomic E-state index is 14.9. The molecule has 1 saturated carbocycles. The summed E-state index contributed by atoms with van der Waals surface area (Å²) in [5, 5.41) is 24.0. The molecule has 2 fully saturated rings. The lowest BCUT2D eigenvalue weighted by Crippen LogP contribution is -2.61. The number of aliphatic carboxylic acids is 1. The van der Waals surface area contributed by atoms with Gasteiger partial charge in [0.2, 0.25) is 23.7 Å². The molecule has 1 saturated heterocycles. The van der Waals surface area contributed by atoms with Gasteiger partial charge in [-0.25, -0.2) is 17.9 Å². The smallest absolute Gasteiger partial charge is 0.326 e. The van der Waals surface area contributed by atoms with Gasteiger partial charge in [0, 0.05) is 37.5 Å². The molecule has 2 unspecified atom stereocenters. The first kappa shape index (κ1) is 46.8. The second-order valence-corrected chi connectivity index (χ2v) is 20.7. The van der Waals surface area contributed by atoms with Gasteiger partial charge in [-0.3, -0.25) is 19.8 Å². The molecule has 6 rings (SSSR count). The molecule has 2 aromatic carbocycles. The predicted octanol–water partition coefficient (Wildman–Crippen LogP) is 3.73. The van der Waals surface area contributed by atoms with Gasteiger partial charge in [0.05, 0.1) is 17.1 Å². The Kier molecular flexibility index (Phi) is 13.7. The topological polar surface area (TPSA) is 234 Å². The van der Waals surface area contributed by atoms with Crippen LogP contribution in [0.2, 0.25) is 0 Å². The minimum absolute atomic E-state index is 0.0319. The van der Waals surface area contributed by atoms with Crippen molar-refractivity contribution in [3.63, 3.8) is 0 Å². The van der Waals surface area contributed by atoms with Gasteiger partial charge in [-0.2, -0.15) is 0 Å². The standard InChI is InChI=1S/C45H65N7O9S/c1-25-26(2)38(27(3)31-22-45(7,8)61-37(25)31)62(58,59)50-43(47)48-19-13-17-33(42(56)57)49-39(53)35-21-29-15-11-12-18-34(29)52(35)41(55)36-20-28-14-9-10-16-30(28)23-51(36)40(54)32(46)24-60-44(4,5)6/h9-10,14,16,29,32-36H,11-13,15,17-24,46H2,1-8H3,(H,49,53)(H,56,57)(H3,47,48,50)/t29?,32-,33-,34?,35-,36+/m0/s1. The van der Waals surface area contributed by atoms with E-state index in [2.05, 4.69) is 15.4 Å². The van der Waals surface area contributed by atoms with Gasteiger partial charge in [-0.15, -0.1) is 0 Å². The molecule has 16 nitrogen and oxygen atoms in total. The average molecular weight is 880 g/mol. The van der Waals surface area contributed by atoms with Crippen LogP contribution in [0.25, 0.3) is 0 Å². The number of carbonyl (C=O) groups excluding carboxylic acids is 3. The number of carbonyl (C=O) groups is 4. The first-order chi connectivity index (χ1) is 29.0. The van der Waals surface area contributed by atoms with Crippen LogP contribution in [-0.2, 0) is 53.3 Å². The number of likely N-dealkylation sites (tertiary alicyclic amines) is 1. The Balaban J connectivity index is 1.12. The molecule has 3 aliphatic heterocycles. The average Bonchev–Trinajstić information content (AvgIpc) is 3.76. The molecule has 62 heavy (non-hydrogen) atoms. The fourth-order valence-electron chi connectivity index (χ4n) is 9.70. The van der Waals surface area contributed by atoms with E-state index in [0.29, 0.717) is 36.1 Å². The third-order valence-corrected chi connectivity index (χ3v) is 14.5. The van der Waals surface area contributed by atoms with Gasteiger partial charge in [0.15, 0.2) is 0 Å². The summed E-state index contributed by atoms with van der Waals surface area (Å²) in [7, 11) is -4.17. The summed E-state index contributed by atoms with van der Waals surface area (Å²) in [6, 6.07) is 3.19. The number of nitrogens with two attached hydrogens (primary N) is 1. The lowest BCUT2D eigenvalue weighted by molar-refractivity contribution is -0.153. The van der Waals surface area contributed by atoms with E-state index in [1.54, 1.807) is 18.7 Å². The number of carboxylic acids is 1. The Morgan fingerprint density at radius 3 is 2.39 bits per heavy atom. The highest BCUT2D eigenvalue weighted by Gasteiger charge is 2.51. The first-order valence-corrected chi connectivity index (χ1v) is 23.3. The van der Waals surface area contributed by atoms with Crippen LogP contribution in [0.5, 0.6) is 5.75 Å². The number of amides is 3. The number of rotatable bonds is 13. The molecule has 2 aromatic rings. The van der Waals surface area contributed by atoms with Crippen molar-refractivity contribution in [1.29, 1.82) is 5.41 Å². The van der Waals surface area contributed by atoms with Crippen LogP contribution >= 0.6 is 0 Å². The van der Waals surface area contributed by atoms with Crippen LogP contribution in [0.15, 0.2) is 29.2 Å². The second kappa shape index (κ2) is 18.2. The van der Waals surface area contributed by atoms with Gasteiger partial charge >= 0.3 is 5.97 Å². The summed E-state index contributed by atoms with van der Waals surface area (Å²) in [5.74, 6) is -2.37. The zero-order valence-corrected chi connectivity index (χ0v) is 38.2. The lowest BCUT2D eigenvalue weighted by Gasteiger charge is -2.42. The number of carboxylic acid groups (broad SMARTS) is 1. The van der Waals surface area contributed by atoms with Crippen LogP contribution < -0.4 is 25.8 Å². The molecule has 4 aliphatic rings. The minimum Gasteiger partial charge on any atom is -0.487 e. The largest absolute Gasteiger partial charge is 0.487 e. The van der Waals surface area contributed by atoms with Crippen molar-refractivity contribution in [2.75, 3.05) is 13.2 Å². The maximum atomic E-state index is 14.9. The molecule has 6 atom stereocenters. The number of ether oxygens (including phenoxy) is 2. The monoisotopic (exact) mass is 879 g/mol. The second-order valence-electron chi connectivity index (χ2n) is 19.1. The zero-order valence-electron chi connectivity index (χ0n) is 37.4. The summed E-state index contributed by atoms with van der Waals surface area (Å²) in [6.07, 6.45) is 4.64. The van der Waals surface area contributed by atoms with E-state index < -0.39 is 69.1 Å². The van der Waals surface area contributed by atoms with E-state index in [0.717, 1.165) is 41.5 Å². The quantitative estimate of drug-likeness (QED) is 0.0964. The molecule has 3 heterocycles. The Morgan fingerprint density at radius 2 is 1.71 bits per heavy atom. The Labute approximate surface area is 365 Å². The highest BCUT2D eigenvalue weighted by atomic mass is 32.2. The summed E-state index contributed by atoms with van der Waals surface area (Å²) in [4.78, 5) is 58.9. The van der Waals surface area contributed by atoms with Crippen molar-refractivity contribution in [3.05, 3.63) is 57.6 Å². The number of fused-ring (bicyclic) bond motifs is 3. The molecular weight excluding hydrogens is 815 g/mol. The Hall–Kier alpha value is -4.74. The molecule has 3 amide bonds. The normalized spacial score (nSPS) is 22.7. The van der Waals surface area contributed by atoms with E-state index in [-0.39, 0.29) is 61.7 Å². The summed E-state index contributed by atoms with van der Waals surface area (Å²) >= 11 is 0. The van der Waals surface area contributed by atoms with Gasteiger partial charge < -0.3 is 40.7 Å². The minimum atomic E-state index is -4.17. The number of nitrogens with one attached hydrogen (secondary N) is 4. The van der Waals surface area contributed by atoms with E-state index in [1.165, 1.54) is 4.90 Å². The van der Waals surface area contributed by atoms with Gasteiger partial charge in [-0.05, 0) is 121 Å². The van der Waals surface area contributed by atoms with Crippen molar-refractivity contribution in [2.24, 2.45) is 11.7 Å². The molecule has 7 N–H and O–H groups in total. The molecule has 0 radical (unpaired) electrons. The number of sulfonamides is 1. The van der Waals surface area contributed by atoms with E-state index in [9.17, 15) is 32.7 Å². The van der Waals surface area contributed by atoms with Gasteiger partial charge in [0.1, 0.15) is 35.5 Å². The van der Waals surface area contributed by atoms with Crippen LogP contribution in [0.1, 0.15) is 113 Å². The van der Waals surface area contributed by atoms with Crippen molar-refractivity contribution in [1.82, 2.24) is 25.2 Å². The van der Waals surface area contributed by atoms with E-state index in [1.807, 2.05) is 65.8 Å². The van der Waals surface area contributed by atoms with E-state index >= 15 is 0 Å². The molecule has 340 valence electrons. The highest BCUT2D eigenvalue weighted by Crippen LogP contribution is 2.44. The van der Waals surface area contributed by atoms with Crippen LogP contribution in [0.4, 0.5) is 0 Å². The summed E-state index contributed by atoms with van der Waals surface area (Å²) in [5.41, 5.74) is 9.87. The third-order valence-electron chi connectivity index (χ3n) is 12.9. The molecular formula is C45H65N7O9S. The maximum Gasteiger partial charge on any atom is 0.326 e. The van der Waals surface area contributed by atoms with Crippen LogP contribution in [0.3, 0.4) is 0 Å². The van der Waals surface area contributed by atoms with Crippen molar-refractivity contribution in [2.45, 2.75) is 166 Å². The highest BCUT2D eigenvalue weighted by molar-refractivity contribution is 7.90. The predicted molar refractivity (Wildman–Crippen MR) is 233 cm³/mol. The molecule has 1 aliphatic carbocycles. The Bertz CT molecular complexity index is 2200. The van der Waals surface area contributed by atoms with Crippen molar-refractivity contribution < 1.29 is 42.2 Å². The summed E-state index contributed by atoms with van der Waals surface area (Å²) in [6.45, 7) is 14.9. The molecule has 0 spiro atoms. The SMILES string of the molecule is Cc1c(C)c(S(=O)(=O)NC(=N)NCCC[C@H](NC(=O)[C@@H]2CC3CCCCC3N2C(=O)[C@H]2Cc3ccccc3CN2C(=O)[C@@H](N)COC(C)(C)C)C(=O)O)c(C)c2c1OC(C)(C)C2. The third kappa shape index (κ3) is 10.0. The number of hydrogen-bond donors (Lipinski definition) is 6. The lowest BCUT2D eigenvalue weighted by atomic mass is 9.84. The summed E-state index contributed by atoms with van der Waals surface area (Å²) < 4.78 is 41.5. The number of hydrogen-bond acceptors (Lipinski definition) is 10. The first-order valence-electron chi connectivity index (χ1n) is 21.8. The zero-order chi connectivity index (χ0) is 45.5. The molecule has 17 heteroatoms. The van der Waals surface area contributed by atoms with E-state index in [4.69, 9.17) is 20.6 Å². The van der Waals surface area contributed by atoms with Gasteiger partial charge in [-0.1, -0.05) is 37.1 Å². The van der Waals surface area contributed by atoms with Gasteiger partial charge in [0.25, 0.3) is 10.0 Å². The van der Waals surface area contributed by atoms with Crippen molar-refractivity contribution in [3.8, 4) is 5.75 Å². The fraction of sp³-hybridized carbons (Fsp3) is 0.622. The fourth-order valence-corrected chi connectivity index (χ4v) is 11.2. The van der Waals surface area contributed by atoms with Crippen LogP contribution in [-0.4, -0.2) is 108 Å². The Morgan fingerprint density at radius 1 is 1.03 bits per heavy atom. The molecule has 0 aromatic heterocycles. The number of nitrogens with zero attached hydrogens (tertiary/aromatic N) is 2. The van der Waals surface area contributed by atoms with Crippen LogP contribution in [0, 0.1) is 32.1 Å². The number of benzene rings is 2. The number of guanidine groups is 1.